The van der Waals surface area contributed by atoms with E-state index in [1.165, 1.54) is 50.6 Å². The van der Waals surface area contributed by atoms with Gasteiger partial charge < -0.3 is 27.9 Å². The largest absolute Gasteiger partial charge is 1.00 e. The van der Waals surface area contributed by atoms with E-state index in [0.717, 1.165) is 50.0 Å². The molecule has 0 saturated heterocycles. The highest BCUT2D eigenvalue weighted by molar-refractivity contribution is 5.97. The standard InChI is InChI=1S/C27H42N4O.ClH/c1-4-31(5-2)25-17-18-26(22(3)19-25)29-21-23(20-28)27(32)30-24-15-13-11-9-7-6-8-10-12-14-16-24;/h17-19,21,24,29H,4-16H2,1-3H3,(H,30,32);1H/p-1/b23-21-;. The number of halogens is 1. The third kappa shape index (κ3) is 10.1. The molecule has 1 aromatic carbocycles. The van der Waals surface area contributed by atoms with Crippen LogP contribution in [0.15, 0.2) is 30.0 Å². The molecule has 0 bridgehead atoms. The second-order valence-corrected chi connectivity index (χ2v) is 8.92. The van der Waals surface area contributed by atoms with Gasteiger partial charge in [0, 0.05) is 36.7 Å². The second kappa shape index (κ2) is 16.4. The van der Waals surface area contributed by atoms with Gasteiger partial charge in [0.25, 0.3) is 5.91 Å². The third-order valence-corrected chi connectivity index (χ3v) is 6.52. The Kier molecular flexibility index (Phi) is 14.4. The van der Waals surface area contributed by atoms with Crippen molar-refractivity contribution in [3.8, 4) is 6.07 Å². The number of amides is 1. The van der Waals surface area contributed by atoms with Gasteiger partial charge in [0.1, 0.15) is 11.6 Å². The van der Waals surface area contributed by atoms with Gasteiger partial charge in [0.15, 0.2) is 0 Å². The molecule has 0 aromatic heterocycles. The lowest BCUT2D eigenvalue weighted by atomic mass is 9.98. The van der Waals surface area contributed by atoms with Crippen LogP contribution in [0.3, 0.4) is 0 Å². The van der Waals surface area contributed by atoms with Crippen molar-refractivity contribution in [3.05, 3.63) is 35.5 Å². The quantitative estimate of drug-likeness (QED) is 0.470. The van der Waals surface area contributed by atoms with Crippen molar-refractivity contribution in [1.82, 2.24) is 5.32 Å². The van der Waals surface area contributed by atoms with E-state index in [4.69, 9.17) is 0 Å². The van der Waals surface area contributed by atoms with Crippen LogP contribution in [-0.2, 0) is 4.79 Å². The van der Waals surface area contributed by atoms with Gasteiger partial charge in [-0.15, -0.1) is 0 Å². The topological polar surface area (TPSA) is 68.2 Å². The number of carbonyl (C=O) groups excluding carboxylic acids is 1. The number of hydrogen-bond donors (Lipinski definition) is 2. The molecule has 2 N–H and O–H groups in total. The molecule has 0 atom stereocenters. The first-order valence-corrected chi connectivity index (χ1v) is 12.6. The fourth-order valence-electron chi connectivity index (χ4n) is 4.46. The van der Waals surface area contributed by atoms with E-state index in [0.29, 0.717) is 0 Å². The molecular weight excluding hydrogens is 432 g/mol. The van der Waals surface area contributed by atoms with Gasteiger partial charge in [-0.2, -0.15) is 5.26 Å². The molecule has 0 aliphatic heterocycles. The minimum absolute atomic E-state index is 0. The van der Waals surface area contributed by atoms with Gasteiger partial charge in [-0.05, 0) is 57.4 Å². The van der Waals surface area contributed by atoms with Crippen LogP contribution in [0.5, 0.6) is 0 Å². The summed E-state index contributed by atoms with van der Waals surface area (Å²) in [6.45, 7) is 8.26. The molecule has 1 amide bonds. The number of carbonyl (C=O) groups is 1. The Morgan fingerprint density at radius 3 is 2.06 bits per heavy atom. The molecule has 0 heterocycles. The smallest absolute Gasteiger partial charge is 0.263 e. The SMILES string of the molecule is CCN(CC)c1ccc(N/C=C(/C#N)C(=O)NC2CCCCCCCCCCC2)c(C)c1.[Cl-]. The highest BCUT2D eigenvalue weighted by atomic mass is 35.5. The summed E-state index contributed by atoms with van der Waals surface area (Å²) >= 11 is 0. The van der Waals surface area contributed by atoms with E-state index in [1.807, 2.05) is 13.0 Å². The average Bonchev–Trinajstić information content (AvgIpc) is 2.78. The molecule has 1 aromatic rings. The zero-order valence-electron chi connectivity index (χ0n) is 20.8. The Labute approximate surface area is 207 Å². The van der Waals surface area contributed by atoms with Gasteiger partial charge in [0.2, 0.25) is 0 Å². The zero-order chi connectivity index (χ0) is 23.2. The fourth-order valence-corrected chi connectivity index (χ4v) is 4.46. The summed E-state index contributed by atoms with van der Waals surface area (Å²) in [6, 6.07) is 8.47. The fraction of sp³-hybridized carbons (Fsp3) is 0.630. The monoisotopic (exact) mass is 473 g/mol. The van der Waals surface area contributed by atoms with Crippen LogP contribution in [-0.4, -0.2) is 25.0 Å². The highest BCUT2D eigenvalue weighted by Gasteiger charge is 2.16. The first-order chi connectivity index (χ1) is 15.6. The molecule has 1 aliphatic rings. The van der Waals surface area contributed by atoms with Gasteiger partial charge in [-0.3, -0.25) is 4.79 Å². The van der Waals surface area contributed by atoms with Gasteiger partial charge >= 0.3 is 0 Å². The number of nitriles is 1. The number of rotatable bonds is 7. The Bertz CT molecular complexity index is 771. The van der Waals surface area contributed by atoms with E-state index < -0.39 is 0 Å². The normalized spacial score (nSPS) is 16.4. The first-order valence-electron chi connectivity index (χ1n) is 12.6. The van der Waals surface area contributed by atoms with Crippen molar-refractivity contribution in [2.75, 3.05) is 23.3 Å². The minimum Gasteiger partial charge on any atom is -1.00 e. The Morgan fingerprint density at radius 1 is 1.03 bits per heavy atom. The minimum atomic E-state index is -0.269. The lowest BCUT2D eigenvalue weighted by Gasteiger charge is -2.22. The molecule has 2 rings (SSSR count). The summed E-state index contributed by atoms with van der Waals surface area (Å²) in [5, 5.41) is 15.9. The van der Waals surface area contributed by atoms with E-state index in [1.54, 1.807) is 6.20 Å². The van der Waals surface area contributed by atoms with Crippen LogP contribution in [0.25, 0.3) is 0 Å². The molecule has 1 saturated carbocycles. The average molecular weight is 474 g/mol. The number of hydrogen-bond acceptors (Lipinski definition) is 4. The maximum Gasteiger partial charge on any atom is 0.263 e. The summed E-state index contributed by atoms with van der Waals surface area (Å²) in [5.41, 5.74) is 3.31. The summed E-state index contributed by atoms with van der Waals surface area (Å²) in [5.74, 6) is -0.269. The Hall–Kier alpha value is -2.19. The molecule has 0 radical (unpaired) electrons. The maximum absolute atomic E-state index is 12.8. The van der Waals surface area contributed by atoms with E-state index in [-0.39, 0.29) is 29.9 Å². The van der Waals surface area contributed by atoms with Crippen LogP contribution < -0.4 is 27.9 Å². The van der Waals surface area contributed by atoms with E-state index >= 15 is 0 Å². The van der Waals surface area contributed by atoms with Crippen molar-refractivity contribution in [2.24, 2.45) is 0 Å². The number of aryl methyl sites for hydroxylation is 1. The predicted molar refractivity (Wildman–Crippen MR) is 135 cm³/mol. The predicted octanol–water partition coefficient (Wildman–Crippen LogP) is 3.45. The van der Waals surface area contributed by atoms with Crippen LogP contribution in [0.2, 0.25) is 0 Å². The van der Waals surface area contributed by atoms with Gasteiger partial charge in [-0.25, -0.2) is 0 Å². The summed E-state index contributed by atoms with van der Waals surface area (Å²) in [4.78, 5) is 15.1. The van der Waals surface area contributed by atoms with Gasteiger partial charge in [-0.1, -0.05) is 57.8 Å². The van der Waals surface area contributed by atoms with Crippen molar-refractivity contribution in [3.63, 3.8) is 0 Å². The summed E-state index contributed by atoms with van der Waals surface area (Å²) in [7, 11) is 0. The molecule has 33 heavy (non-hydrogen) atoms. The summed E-state index contributed by atoms with van der Waals surface area (Å²) < 4.78 is 0. The number of benzene rings is 1. The number of anilines is 2. The van der Waals surface area contributed by atoms with E-state index in [2.05, 4.69) is 47.6 Å². The van der Waals surface area contributed by atoms with Crippen LogP contribution >= 0.6 is 0 Å². The lowest BCUT2D eigenvalue weighted by Crippen LogP contribution is -3.00. The van der Waals surface area contributed by atoms with E-state index in [9.17, 15) is 10.1 Å². The molecule has 0 unspecified atom stereocenters. The maximum atomic E-state index is 12.8. The molecule has 1 fully saturated rings. The van der Waals surface area contributed by atoms with Crippen molar-refractivity contribution < 1.29 is 17.2 Å². The molecule has 6 heteroatoms. The lowest BCUT2D eigenvalue weighted by molar-refractivity contribution is -0.117. The Balaban J connectivity index is 0.00000544. The molecule has 0 spiro atoms. The molecule has 5 nitrogen and oxygen atoms in total. The van der Waals surface area contributed by atoms with Crippen LogP contribution in [0.1, 0.15) is 90.0 Å². The molecule has 1 aliphatic carbocycles. The second-order valence-electron chi connectivity index (χ2n) is 8.92. The first kappa shape index (κ1) is 28.8. The number of nitrogens with one attached hydrogen (secondary N) is 2. The van der Waals surface area contributed by atoms with Gasteiger partial charge in [0.05, 0.1) is 0 Å². The van der Waals surface area contributed by atoms with Crippen LogP contribution in [0.4, 0.5) is 11.4 Å². The molecular formula is C27H42ClN4O-. The van der Waals surface area contributed by atoms with Crippen molar-refractivity contribution >= 4 is 17.3 Å². The zero-order valence-corrected chi connectivity index (χ0v) is 21.5. The Morgan fingerprint density at radius 2 is 1.58 bits per heavy atom. The highest BCUT2D eigenvalue weighted by Crippen LogP contribution is 2.23. The van der Waals surface area contributed by atoms with Crippen molar-refractivity contribution in [2.45, 2.75) is 97.4 Å². The van der Waals surface area contributed by atoms with Crippen molar-refractivity contribution in [1.29, 1.82) is 5.26 Å². The van der Waals surface area contributed by atoms with Crippen LogP contribution in [0, 0.1) is 18.3 Å². The summed E-state index contributed by atoms with van der Waals surface area (Å²) in [6.07, 6.45) is 14.9. The molecule has 184 valence electrons. The number of nitrogens with zero attached hydrogens (tertiary/aromatic N) is 2. The third-order valence-electron chi connectivity index (χ3n) is 6.52.